The van der Waals surface area contributed by atoms with E-state index in [1.165, 1.54) is 6.08 Å². The van der Waals surface area contributed by atoms with Gasteiger partial charge in [-0.05, 0) is 84.1 Å². The van der Waals surface area contributed by atoms with Gasteiger partial charge in [0.25, 0.3) is 11.8 Å². The molecular formula is C31H26N2O4. The standard InChI is InChI=1S/C31H26N2O4/c1-19-9-13-24(16-21(19)3)33-30(35)27(29(34)32-31(33)36)17-22-10-14-25(15-11-22)37-18-28-20(2)8-12-23-6-4-5-7-26(23)28/h4-17H,18H2,1-3H3,(H,32,34,36)/b27-17+. The van der Waals surface area contributed by atoms with Crippen LogP contribution in [0.5, 0.6) is 5.75 Å². The maximum Gasteiger partial charge on any atom is 0.335 e. The first-order valence-corrected chi connectivity index (χ1v) is 12.0. The predicted molar refractivity (Wildman–Crippen MR) is 144 cm³/mol. The molecule has 184 valence electrons. The molecular weight excluding hydrogens is 464 g/mol. The van der Waals surface area contributed by atoms with Gasteiger partial charge in [-0.25, -0.2) is 9.69 Å². The van der Waals surface area contributed by atoms with Crippen LogP contribution in [0.1, 0.15) is 27.8 Å². The van der Waals surface area contributed by atoms with Crippen LogP contribution in [0.3, 0.4) is 0 Å². The Morgan fingerprint density at radius 3 is 2.30 bits per heavy atom. The van der Waals surface area contributed by atoms with Gasteiger partial charge in [-0.2, -0.15) is 0 Å². The molecule has 0 saturated carbocycles. The van der Waals surface area contributed by atoms with Gasteiger partial charge in [-0.3, -0.25) is 14.9 Å². The lowest BCUT2D eigenvalue weighted by Crippen LogP contribution is -2.54. The summed E-state index contributed by atoms with van der Waals surface area (Å²) in [7, 11) is 0. The van der Waals surface area contributed by atoms with Gasteiger partial charge >= 0.3 is 6.03 Å². The molecule has 0 atom stereocenters. The first-order chi connectivity index (χ1) is 17.8. The van der Waals surface area contributed by atoms with Crippen LogP contribution in [0.2, 0.25) is 0 Å². The Morgan fingerprint density at radius 1 is 0.811 bits per heavy atom. The largest absolute Gasteiger partial charge is 0.489 e. The van der Waals surface area contributed by atoms with E-state index in [0.29, 0.717) is 23.6 Å². The van der Waals surface area contributed by atoms with Crippen molar-refractivity contribution in [2.45, 2.75) is 27.4 Å². The van der Waals surface area contributed by atoms with Gasteiger partial charge in [0.05, 0.1) is 5.69 Å². The number of barbiturate groups is 1. The van der Waals surface area contributed by atoms with Gasteiger partial charge in [0.15, 0.2) is 0 Å². The lowest BCUT2D eigenvalue weighted by molar-refractivity contribution is -0.122. The van der Waals surface area contributed by atoms with Crippen LogP contribution >= 0.6 is 0 Å². The number of ether oxygens (including phenoxy) is 1. The highest BCUT2D eigenvalue weighted by molar-refractivity contribution is 6.39. The Balaban J connectivity index is 1.35. The molecule has 1 saturated heterocycles. The van der Waals surface area contributed by atoms with E-state index in [1.54, 1.807) is 36.4 Å². The van der Waals surface area contributed by atoms with Crippen molar-refractivity contribution in [3.8, 4) is 5.75 Å². The van der Waals surface area contributed by atoms with Crippen molar-refractivity contribution >= 4 is 40.4 Å². The van der Waals surface area contributed by atoms with E-state index in [1.807, 2.05) is 32.0 Å². The molecule has 1 fully saturated rings. The number of carbonyl (C=O) groups is 3. The molecule has 0 aromatic heterocycles. The van der Waals surface area contributed by atoms with Crippen LogP contribution in [0, 0.1) is 20.8 Å². The zero-order chi connectivity index (χ0) is 26.1. The molecule has 1 aliphatic heterocycles. The van der Waals surface area contributed by atoms with E-state index in [9.17, 15) is 14.4 Å². The Hall–Kier alpha value is -4.71. The third-order valence-electron chi connectivity index (χ3n) is 6.70. The molecule has 0 bridgehead atoms. The molecule has 4 aromatic rings. The summed E-state index contributed by atoms with van der Waals surface area (Å²) in [5, 5.41) is 4.59. The van der Waals surface area contributed by atoms with Crippen molar-refractivity contribution in [2.75, 3.05) is 4.90 Å². The average Bonchev–Trinajstić information content (AvgIpc) is 2.88. The van der Waals surface area contributed by atoms with Crippen molar-refractivity contribution in [3.63, 3.8) is 0 Å². The predicted octanol–water partition coefficient (Wildman–Crippen LogP) is 6.01. The van der Waals surface area contributed by atoms with Gasteiger partial charge in [0.1, 0.15) is 17.9 Å². The summed E-state index contributed by atoms with van der Waals surface area (Å²) in [4.78, 5) is 39.1. The number of benzene rings is 4. The smallest absolute Gasteiger partial charge is 0.335 e. The number of hydrogen-bond donors (Lipinski definition) is 1. The highest BCUT2D eigenvalue weighted by atomic mass is 16.5. The quantitative estimate of drug-likeness (QED) is 0.275. The Kier molecular flexibility index (Phi) is 6.32. The summed E-state index contributed by atoms with van der Waals surface area (Å²) in [6, 6.07) is 24.1. The maximum atomic E-state index is 13.2. The molecule has 4 amide bonds. The average molecular weight is 491 g/mol. The van der Waals surface area contributed by atoms with E-state index in [2.05, 4.69) is 36.5 Å². The second-order valence-corrected chi connectivity index (χ2v) is 9.17. The van der Waals surface area contributed by atoms with Crippen molar-refractivity contribution in [1.29, 1.82) is 0 Å². The molecule has 0 unspecified atom stereocenters. The Labute approximate surface area is 215 Å². The fraction of sp³-hybridized carbons (Fsp3) is 0.129. The number of amides is 4. The van der Waals surface area contributed by atoms with E-state index < -0.39 is 17.8 Å². The number of rotatable bonds is 5. The molecule has 6 heteroatoms. The number of hydrogen-bond acceptors (Lipinski definition) is 4. The molecule has 0 radical (unpaired) electrons. The topological polar surface area (TPSA) is 75.7 Å². The van der Waals surface area contributed by atoms with Gasteiger partial charge in [0.2, 0.25) is 0 Å². The van der Waals surface area contributed by atoms with E-state index in [-0.39, 0.29) is 5.57 Å². The molecule has 1 aliphatic rings. The molecule has 37 heavy (non-hydrogen) atoms. The minimum absolute atomic E-state index is 0.113. The first-order valence-electron chi connectivity index (χ1n) is 12.0. The normalized spacial score (nSPS) is 14.8. The molecule has 1 heterocycles. The highest BCUT2D eigenvalue weighted by Gasteiger charge is 2.36. The summed E-state index contributed by atoms with van der Waals surface area (Å²) < 4.78 is 6.06. The van der Waals surface area contributed by atoms with Crippen LogP contribution in [-0.2, 0) is 16.2 Å². The Bertz CT molecular complexity index is 1590. The summed E-state index contributed by atoms with van der Waals surface area (Å²) in [6.45, 7) is 6.33. The molecule has 0 spiro atoms. The molecule has 5 rings (SSSR count). The summed E-state index contributed by atoms with van der Waals surface area (Å²) in [5.74, 6) is -0.716. The number of aryl methyl sites for hydroxylation is 3. The number of carbonyl (C=O) groups excluding carboxylic acids is 3. The molecule has 0 aliphatic carbocycles. The zero-order valence-corrected chi connectivity index (χ0v) is 20.9. The van der Waals surface area contributed by atoms with Gasteiger partial charge in [0, 0.05) is 5.56 Å². The van der Waals surface area contributed by atoms with Crippen molar-refractivity contribution in [1.82, 2.24) is 5.32 Å². The number of nitrogens with zero attached hydrogens (tertiary/aromatic N) is 1. The van der Waals surface area contributed by atoms with Crippen LogP contribution in [0.25, 0.3) is 16.8 Å². The lowest BCUT2D eigenvalue weighted by atomic mass is 10.0. The summed E-state index contributed by atoms with van der Waals surface area (Å²) in [5.41, 5.74) is 5.21. The van der Waals surface area contributed by atoms with Crippen LogP contribution in [-0.4, -0.2) is 17.8 Å². The van der Waals surface area contributed by atoms with Gasteiger partial charge in [-0.1, -0.05) is 54.6 Å². The summed E-state index contributed by atoms with van der Waals surface area (Å²) in [6.07, 6.45) is 1.48. The van der Waals surface area contributed by atoms with Crippen LogP contribution < -0.4 is 15.0 Å². The van der Waals surface area contributed by atoms with Gasteiger partial charge in [-0.15, -0.1) is 0 Å². The van der Waals surface area contributed by atoms with Crippen LogP contribution in [0.4, 0.5) is 10.5 Å². The molecule has 1 N–H and O–H groups in total. The number of nitrogens with one attached hydrogen (secondary N) is 1. The van der Waals surface area contributed by atoms with E-state index >= 15 is 0 Å². The van der Waals surface area contributed by atoms with E-state index in [0.717, 1.165) is 37.9 Å². The highest BCUT2D eigenvalue weighted by Crippen LogP contribution is 2.26. The number of anilines is 1. The minimum atomic E-state index is -0.761. The second-order valence-electron chi connectivity index (χ2n) is 9.17. The fourth-order valence-electron chi connectivity index (χ4n) is 4.38. The zero-order valence-electron chi connectivity index (χ0n) is 20.9. The fourth-order valence-corrected chi connectivity index (χ4v) is 4.38. The first kappa shape index (κ1) is 24.0. The minimum Gasteiger partial charge on any atom is -0.489 e. The number of fused-ring (bicyclic) bond motifs is 1. The third kappa shape index (κ3) is 4.74. The lowest BCUT2D eigenvalue weighted by Gasteiger charge is -2.26. The number of urea groups is 1. The maximum absolute atomic E-state index is 13.2. The number of imide groups is 2. The second kappa shape index (κ2) is 9.74. The monoisotopic (exact) mass is 490 g/mol. The SMILES string of the molecule is Cc1ccc(N2C(=O)NC(=O)/C(=C\c3ccc(OCc4c(C)ccc5ccccc45)cc3)C2=O)cc1C. The van der Waals surface area contributed by atoms with Crippen molar-refractivity contribution < 1.29 is 19.1 Å². The molecule has 6 nitrogen and oxygen atoms in total. The van der Waals surface area contributed by atoms with Crippen molar-refractivity contribution in [2.24, 2.45) is 0 Å². The summed E-state index contributed by atoms with van der Waals surface area (Å²) >= 11 is 0. The molecule has 4 aromatic carbocycles. The van der Waals surface area contributed by atoms with Crippen LogP contribution in [0.15, 0.2) is 84.4 Å². The Morgan fingerprint density at radius 2 is 1.54 bits per heavy atom. The van der Waals surface area contributed by atoms with Gasteiger partial charge < -0.3 is 4.74 Å². The van der Waals surface area contributed by atoms with E-state index in [4.69, 9.17) is 4.74 Å². The third-order valence-corrected chi connectivity index (χ3v) is 6.70. The van der Waals surface area contributed by atoms with Crippen molar-refractivity contribution in [3.05, 3.63) is 112 Å².